The number of carbonyl (C=O) groups is 1. The van der Waals surface area contributed by atoms with E-state index in [2.05, 4.69) is 35.0 Å². The van der Waals surface area contributed by atoms with Crippen LogP contribution < -0.4 is 5.32 Å². The lowest BCUT2D eigenvalue weighted by molar-refractivity contribution is 0.0950. The van der Waals surface area contributed by atoms with Crippen LogP contribution in [0.4, 0.5) is 0 Å². The molecule has 0 radical (unpaired) electrons. The third kappa shape index (κ3) is 3.30. The van der Waals surface area contributed by atoms with E-state index in [4.69, 9.17) is 0 Å². The third-order valence-electron chi connectivity index (χ3n) is 5.52. The number of imidazole rings is 1. The second kappa shape index (κ2) is 7.20. The highest BCUT2D eigenvalue weighted by atomic mass is 16.1. The van der Waals surface area contributed by atoms with Gasteiger partial charge in [0, 0.05) is 23.2 Å². The fraction of sp³-hybridized carbons (Fsp3) is 0.333. The van der Waals surface area contributed by atoms with Crippen LogP contribution in [0, 0.1) is 6.92 Å². The average Bonchev–Trinajstić information content (AvgIpc) is 3.42. The van der Waals surface area contributed by atoms with Crippen LogP contribution in [0.2, 0.25) is 0 Å². The minimum absolute atomic E-state index is 0.161. The highest BCUT2D eigenvalue weighted by molar-refractivity contribution is 6.05. The van der Waals surface area contributed by atoms with Gasteiger partial charge in [-0.15, -0.1) is 10.2 Å². The van der Waals surface area contributed by atoms with Gasteiger partial charge >= 0.3 is 0 Å². The molecule has 4 aromatic rings. The summed E-state index contributed by atoms with van der Waals surface area (Å²) in [5, 5.41) is 12.4. The van der Waals surface area contributed by atoms with Crippen molar-refractivity contribution in [2.75, 3.05) is 0 Å². The van der Waals surface area contributed by atoms with Crippen molar-refractivity contribution in [3.05, 3.63) is 53.9 Å². The average molecular weight is 387 g/mol. The van der Waals surface area contributed by atoms with Gasteiger partial charge in [-0.05, 0) is 38.0 Å². The number of aromatic nitrogens is 6. The lowest BCUT2D eigenvalue weighted by atomic mass is 10.1. The predicted octanol–water partition coefficient (Wildman–Crippen LogP) is 3.12. The number of nitrogens with one attached hydrogen (secondary N) is 1. The molecule has 0 atom stereocenters. The van der Waals surface area contributed by atoms with Crippen LogP contribution in [0.5, 0.6) is 0 Å². The smallest absolute Gasteiger partial charge is 0.251 e. The van der Waals surface area contributed by atoms with Crippen molar-refractivity contribution < 1.29 is 4.79 Å². The third-order valence-corrected chi connectivity index (χ3v) is 5.52. The number of amides is 1. The Morgan fingerprint density at radius 2 is 2.00 bits per heavy atom. The van der Waals surface area contributed by atoms with Crippen molar-refractivity contribution in [3.63, 3.8) is 0 Å². The summed E-state index contributed by atoms with van der Waals surface area (Å²) >= 11 is 0. The number of hydrogen-bond acceptors (Lipinski definition) is 6. The van der Waals surface area contributed by atoms with Crippen LogP contribution in [0.3, 0.4) is 0 Å². The van der Waals surface area contributed by atoms with Gasteiger partial charge in [0.25, 0.3) is 5.91 Å². The number of fused-ring (bicyclic) bond motifs is 3. The molecular weight excluding hydrogens is 366 g/mol. The zero-order chi connectivity index (χ0) is 19.8. The second-order valence-electron chi connectivity index (χ2n) is 7.53. The molecule has 3 heterocycles. The predicted molar refractivity (Wildman–Crippen MR) is 108 cm³/mol. The molecule has 0 aliphatic heterocycles. The molecule has 1 aliphatic carbocycles. The quantitative estimate of drug-likeness (QED) is 0.578. The SMILES string of the molecule is Cc1cnc(CNC(=O)c2ccc3nnc4ncn(C5CCCC5)c4c3c2)cn1. The van der Waals surface area contributed by atoms with E-state index in [0.717, 1.165) is 40.6 Å². The Morgan fingerprint density at radius 1 is 1.14 bits per heavy atom. The summed E-state index contributed by atoms with van der Waals surface area (Å²) in [5.74, 6) is -0.161. The minimum atomic E-state index is -0.161. The molecule has 1 aromatic carbocycles. The van der Waals surface area contributed by atoms with Crippen LogP contribution in [0.25, 0.3) is 22.1 Å². The van der Waals surface area contributed by atoms with Crippen LogP contribution >= 0.6 is 0 Å². The Hall–Kier alpha value is -3.42. The van der Waals surface area contributed by atoms with Crippen molar-refractivity contribution in [2.24, 2.45) is 0 Å². The van der Waals surface area contributed by atoms with E-state index in [0.29, 0.717) is 23.8 Å². The summed E-state index contributed by atoms with van der Waals surface area (Å²) in [7, 11) is 0. The van der Waals surface area contributed by atoms with Gasteiger partial charge in [-0.1, -0.05) is 12.8 Å². The number of aryl methyl sites for hydroxylation is 1. The highest BCUT2D eigenvalue weighted by Crippen LogP contribution is 2.33. The summed E-state index contributed by atoms with van der Waals surface area (Å²) in [6, 6.07) is 5.93. The molecule has 8 nitrogen and oxygen atoms in total. The Labute approximate surface area is 167 Å². The van der Waals surface area contributed by atoms with Crippen LogP contribution in [0.15, 0.2) is 36.9 Å². The van der Waals surface area contributed by atoms with Gasteiger partial charge in [0.2, 0.25) is 5.65 Å². The second-order valence-corrected chi connectivity index (χ2v) is 7.53. The summed E-state index contributed by atoms with van der Waals surface area (Å²) in [4.78, 5) is 25.7. The van der Waals surface area contributed by atoms with Gasteiger partial charge in [0.1, 0.15) is 0 Å². The van der Waals surface area contributed by atoms with Crippen molar-refractivity contribution in [2.45, 2.75) is 45.2 Å². The van der Waals surface area contributed by atoms with E-state index < -0.39 is 0 Å². The molecule has 1 amide bonds. The first-order valence-corrected chi connectivity index (χ1v) is 9.88. The van der Waals surface area contributed by atoms with Crippen LogP contribution in [-0.4, -0.2) is 35.6 Å². The number of nitrogens with zero attached hydrogens (tertiary/aromatic N) is 6. The minimum Gasteiger partial charge on any atom is -0.346 e. The standard InChI is InChI=1S/C21H21N7O/c1-13-9-23-15(10-22-13)11-24-21(29)14-6-7-18-17(8-14)19-20(27-26-18)25-12-28(19)16-4-2-3-5-16/h6-10,12,16H,2-5,11H2,1H3,(H,24,29). The number of carbonyl (C=O) groups excluding carboxylic acids is 1. The first kappa shape index (κ1) is 17.7. The molecule has 5 rings (SSSR count). The number of rotatable bonds is 4. The van der Waals surface area contributed by atoms with E-state index in [1.54, 1.807) is 18.5 Å². The van der Waals surface area contributed by atoms with Gasteiger partial charge in [-0.2, -0.15) is 0 Å². The van der Waals surface area contributed by atoms with Gasteiger partial charge in [-0.25, -0.2) is 4.98 Å². The van der Waals surface area contributed by atoms with Crippen molar-refractivity contribution in [1.29, 1.82) is 0 Å². The van der Waals surface area contributed by atoms with E-state index in [1.807, 2.05) is 25.4 Å². The monoisotopic (exact) mass is 387 g/mol. The van der Waals surface area contributed by atoms with Crippen molar-refractivity contribution in [1.82, 2.24) is 35.0 Å². The summed E-state index contributed by atoms with van der Waals surface area (Å²) in [6.07, 6.45) is 9.98. The molecule has 1 aliphatic rings. The summed E-state index contributed by atoms with van der Waals surface area (Å²) in [5.41, 5.74) is 4.48. The lowest BCUT2D eigenvalue weighted by Gasteiger charge is -2.13. The molecule has 3 aromatic heterocycles. The molecule has 1 fully saturated rings. The lowest BCUT2D eigenvalue weighted by Crippen LogP contribution is -2.23. The van der Waals surface area contributed by atoms with Crippen LogP contribution in [-0.2, 0) is 6.54 Å². The Bertz CT molecular complexity index is 1190. The molecular formula is C21H21N7O. The molecule has 0 saturated heterocycles. The molecule has 8 heteroatoms. The molecule has 146 valence electrons. The highest BCUT2D eigenvalue weighted by Gasteiger charge is 2.21. The van der Waals surface area contributed by atoms with E-state index in [-0.39, 0.29) is 5.91 Å². The fourth-order valence-corrected chi connectivity index (χ4v) is 3.98. The number of hydrogen-bond donors (Lipinski definition) is 1. The zero-order valence-corrected chi connectivity index (χ0v) is 16.2. The summed E-state index contributed by atoms with van der Waals surface area (Å²) in [6.45, 7) is 2.21. The van der Waals surface area contributed by atoms with Crippen molar-refractivity contribution >= 4 is 28.0 Å². The molecule has 29 heavy (non-hydrogen) atoms. The molecule has 0 spiro atoms. The van der Waals surface area contributed by atoms with Gasteiger partial charge < -0.3 is 9.88 Å². The Balaban J connectivity index is 1.48. The first-order chi connectivity index (χ1) is 14.2. The van der Waals surface area contributed by atoms with E-state index >= 15 is 0 Å². The molecule has 0 unspecified atom stereocenters. The Kier molecular flexibility index (Phi) is 4.38. The van der Waals surface area contributed by atoms with Crippen LogP contribution in [0.1, 0.15) is 53.5 Å². The maximum absolute atomic E-state index is 12.7. The molecule has 1 saturated carbocycles. The maximum atomic E-state index is 12.7. The summed E-state index contributed by atoms with van der Waals surface area (Å²) < 4.78 is 2.21. The van der Waals surface area contributed by atoms with E-state index in [9.17, 15) is 4.79 Å². The largest absolute Gasteiger partial charge is 0.346 e. The Morgan fingerprint density at radius 3 is 2.79 bits per heavy atom. The zero-order valence-electron chi connectivity index (χ0n) is 16.2. The van der Waals surface area contributed by atoms with Crippen molar-refractivity contribution in [3.8, 4) is 0 Å². The van der Waals surface area contributed by atoms with E-state index in [1.165, 1.54) is 12.8 Å². The molecule has 1 N–H and O–H groups in total. The van der Waals surface area contributed by atoms with Gasteiger partial charge in [0.05, 0.1) is 41.5 Å². The van der Waals surface area contributed by atoms with Gasteiger partial charge in [0.15, 0.2) is 0 Å². The van der Waals surface area contributed by atoms with Gasteiger partial charge in [-0.3, -0.25) is 14.8 Å². The normalized spacial score (nSPS) is 14.7. The first-order valence-electron chi connectivity index (χ1n) is 9.88. The number of benzene rings is 1. The topological polar surface area (TPSA) is 98.5 Å². The molecule has 0 bridgehead atoms. The fourth-order valence-electron chi connectivity index (χ4n) is 3.98. The maximum Gasteiger partial charge on any atom is 0.251 e.